The smallest absolute Gasteiger partial charge is 0.0693 e. The molecule has 0 amide bonds. The fourth-order valence-corrected chi connectivity index (χ4v) is 3.08. The van der Waals surface area contributed by atoms with Crippen LogP contribution in [0.1, 0.15) is 49.5 Å². The van der Waals surface area contributed by atoms with Gasteiger partial charge < -0.3 is 5.32 Å². The van der Waals surface area contributed by atoms with Crippen molar-refractivity contribution < 1.29 is 0 Å². The number of nitrogens with zero attached hydrogens (tertiary/aromatic N) is 2. The molecule has 0 aliphatic rings. The number of rotatable bonds is 6. The lowest BCUT2D eigenvalue weighted by atomic mass is 10.0. The zero-order valence-corrected chi connectivity index (χ0v) is 14.6. The Morgan fingerprint density at radius 3 is 2.38 bits per heavy atom. The molecule has 124 valence electrons. The maximum absolute atomic E-state index is 4.37. The Bertz CT molecular complexity index is 760. The van der Waals surface area contributed by atoms with Crippen LogP contribution >= 0.6 is 0 Å². The summed E-state index contributed by atoms with van der Waals surface area (Å²) in [6, 6.07) is 19.8. The summed E-state index contributed by atoms with van der Waals surface area (Å²) in [4.78, 5) is 0. The number of hydrogen-bond acceptors (Lipinski definition) is 2. The van der Waals surface area contributed by atoms with Crippen molar-refractivity contribution >= 4 is 0 Å². The van der Waals surface area contributed by atoms with Crippen molar-refractivity contribution in [3.05, 3.63) is 83.7 Å². The normalized spacial score (nSPS) is 13.6. The number of aromatic nitrogens is 2. The van der Waals surface area contributed by atoms with Gasteiger partial charge in [0.15, 0.2) is 0 Å². The van der Waals surface area contributed by atoms with Gasteiger partial charge in [-0.3, -0.25) is 0 Å². The fourth-order valence-electron chi connectivity index (χ4n) is 3.08. The standard InChI is InChI=1S/C21H25N3/c1-4-18-10-12-19(13-11-18)16(2)23-17(3)20-8-5-6-9-21(20)24-15-7-14-22-24/h5-17,23H,4H2,1-3H3/t16-,17-/m1/s1. The van der Waals surface area contributed by atoms with E-state index in [4.69, 9.17) is 0 Å². The summed E-state index contributed by atoms with van der Waals surface area (Å²) >= 11 is 0. The highest BCUT2D eigenvalue weighted by molar-refractivity contribution is 5.42. The molecule has 0 aliphatic carbocycles. The van der Waals surface area contributed by atoms with Crippen molar-refractivity contribution in [3.8, 4) is 5.69 Å². The SMILES string of the molecule is CCc1ccc([C@@H](C)N[C@H](C)c2ccccc2-n2cccn2)cc1. The molecule has 0 spiro atoms. The molecule has 2 atom stereocenters. The first kappa shape index (κ1) is 16.5. The van der Waals surface area contributed by atoms with Gasteiger partial charge in [-0.15, -0.1) is 0 Å². The largest absolute Gasteiger partial charge is 0.304 e. The summed E-state index contributed by atoms with van der Waals surface area (Å²) in [6.07, 6.45) is 4.88. The average Bonchev–Trinajstić information content (AvgIpc) is 3.16. The molecule has 0 unspecified atom stereocenters. The summed E-state index contributed by atoms with van der Waals surface area (Å²) in [7, 11) is 0. The van der Waals surface area contributed by atoms with Gasteiger partial charge in [0.25, 0.3) is 0 Å². The van der Waals surface area contributed by atoms with Gasteiger partial charge in [-0.1, -0.05) is 49.4 Å². The number of benzene rings is 2. The van der Waals surface area contributed by atoms with Crippen LogP contribution in [0.2, 0.25) is 0 Å². The minimum atomic E-state index is 0.228. The second-order valence-electron chi connectivity index (χ2n) is 6.21. The fraction of sp³-hybridized carbons (Fsp3) is 0.286. The molecule has 2 aromatic carbocycles. The highest BCUT2D eigenvalue weighted by Crippen LogP contribution is 2.24. The van der Waals surface area contributed by atoms with Crippen molar-refractivity contribution in [3.63, 3.8) is 0 Å². The molecule has 24 heavy (non-hydrogen) atoms. The molecule has 3 aromatic rings. The first-order chi connectivity index (χ1) is 11.7. The number of aryl methyl sites for hydroxylation is 1. The minimum Gasteiger partial charge on any atom is -0.304 e. The molecule has 0 saturated carbocycles. The van der Waals surface area contributed by atoms with E-state index in [0.717, 1.165) is 12.1 Å². The Morgan fingerprint density at radius 1 is 0.958 bits per heavy atom. The van der Waals surface area contributed by atoms with Crippen LogP contribution in [-0.4, -0.2) is 9.78 Å². The van der Waals surface area contributed by atoms with Gasteiger partial charge in [-0.25, -0.2) is 4.68 Å². The van der Waals surface area contributed by atoms with E-state index in [2.05, 4.69) is 79.7 Å². The lowest BCUT2D eigenvalue weighted by Crippen LogP contribution is -2.23. The van der Waals surface area contributed by atoms with E-state index in [1.54, 1.807) is 0 Å². The van der Waals surface area contributed by atoms with Crippen molar-refractivity contribution in [2.45, 2.75) is 39.3 Å². The van der Waals surface area contributed by atoms with E-state index in [-0.39, 0.29) is 12.1 Å². The van der Waals surface area contributed by atoms with Gasteiger partial charge in [0.05, 0.1) is 5.69 Å². The van der Waals surface area contributed by atoms with E-state index in [9.17, 15) is 0 Å². The van der Waals surface area contributed by atoms with Crippen molar-refractivity contribution in [2.75, 3.05) is 0 Å². The maximum Gasteiger partial charge on any atom is 0.0693 e. The molecular weight excluding hydrogens is 294 g/mol. The molecule has 3 rings (SSSR count). The third-order valence-electron chi connectivity index (χ3n) is 4.54. The van der Waals surface area contributed by atoms with Crippen LogP contribution in [-0.2, 0) is 6.42 Å². The van der Waals surface area contributed by atoms with E-state index < -0.39 is 0 Å². The quantitative estimate of drug-likeness (QED) is 0.704. The van der Waals surface area contributed by atoms with E-state index in [0.29, 0.717) is 0 Å². The lowest BCUT2D eigenvalue weighted by molar-refractivity contribution is 0.493. The van der Waals surface area contributed by atoms with Crippen molar-refractivity contribution in [2.24, 2.45) is 0 Å². The van der Waals surface area contributed by atoms with Gasteiger partial charge in [0.2, 0.25) is 0 Å². The highest BCUT2D eigenvalue weighted by Gasteiger charge is 2.15. The van der Waals surface area contributed by atoms with Crippen LogP contribution in [0, 0.1) is 0 Å². The van der Waals surface area contributed by atoms with Gasteiger partial charge in [-0.2, -0.15) is 5.10 Å². The van der Waals surface area contributed by atoms with Crippen LogP contribution < -0.4 is 5.32 Å². The van der Waals surface area contributed by atoms with Gasteiger partial charge in [-0.05, 0) is 49.1 Å². The predicted molar refractivity (Wildman–Crippen MR) is 99.3 cm³/mol. The Morgan fingerprint density at radius 2 is 1.71 bits per heavy atom. The van der Waals surface area contributed by atoms with Crippen molar-refractivity contribution in [1.82, 2.24) is 15.1 Å². The first-order valence-electron chi connectivity index (χ1n) is 8.63. The summed E-state index contributed by atoms with van der Waals surface area (Å²) in [5, 5.41) is 8.09. The average molecular weight is 319 g/mol. The molecule has 0 bridgehead atoms. The topological polar surface area (TPSA) is 29.9 Å². The number of nitrogens with one attached hydrogen (secondary N) is 1. The van der Waals surface area contributed by atoms with Gasteiger partial charge in [0.1, 0.15) is 0 Å². The van der Waals surface area contributed by atoms with Crippen LogP contribution in [0.25, 0.3) is 5.69 Å². The molecule has 0 fully saturated rings. The number of hydrogen-bond donors (Lipinski definition) is 1. The van der Waals surface area contributed by atoms with E-state index >= 15 is 0 Å². The van der Waals surface area contributed by atoms with Gasteiger partial charge in [0, 0.05) is 24.5 Å². The molecular formula is C21H25N3. The summed E-state index contributed by atoms with van der Waals surface area (Å²) in [5.41, 5.74) is 5.06. The molecule has 1 heterocycles. The van der Waals surface area contributed by atoms with Crippen LogP contribution in [0.5, 0.6) is 0 Å². The van der Waals surface area contributed by atoms with Gasteiger partial charge >= 0.3 is 0 Å². The Kier molecular flexibility index (Phi) is 5.11. The summed E-state index contributed by atoms with van der Waals surface area (Å²) in [6.45, 7) is 6.61. The Hall–Kier alpha value is -2.39. The molecule has 0 radical (unpaired) electrons. The van der Waals surface area contributed by atoms with Crippen molar-refractivity contribution in [1.29, 1.82) is 0 Å². The van der Waals surface area contributed by atoms with E-state index in [1.165, 1.54) is 16.7 Å². The Balaban J connectivity index is 1.78. The molecule has 3 nitrogen and oxygen atoms in total. The Labute approximate surface area is 144 Å². The summed E-state index contributed by atoms with van der Waals surface area (Å²) < 4.78 is 1.92. The highest BCUT2D eigenvalue weighted by atomic mass is 15.3. The molecule has 1 N–H and O–H groups in total. The minimum absolute atomic E-state index is 0.228. The third-order valence-corrected chi connectivity index (χ3v) is 4.54. The first-order valence-corrected chi connectivity index (χ1v) is 8.63. The zero-order valence-electron chi connectivity index (χ0n) is 14.6. The third kappa shape index (κ3) is 3.57. The maximum atomic E-state index is 4.37. The van der Waals surface area contributed by atoms with Crippen LogP contribution in [0.3, 0.4) is 0 Å². The second-order valence-corrected chi connectivity index (χ2v) is 6.21. The van der Waals surface area contributed by atoms with E-state index in [1.807, 2.05) is 23.1 Å². The monoisotopic (exact) mass is 319 g/mol. The lowest BCUT2D eigenvalue weighted by Gasteiger charge is -2.23. The zero-order chi connectivity index (χ0) is 16.9. The number of para-hydroxylation sites is 1. The van der Waals surface area contributed by atoms with Crippen LogP contribution in [0.15, 0.2) is 67.0 Å². The summed E-state index contributed by atoms with van der Waals surface area (Å²) in [5.74, 6) is 0. The van der Waals surface area contributed by atoms with Crippen LogP contribution in [0.4, 0.5) is 0 Å². The molecule has 1 aromatic heterocycles. The molecule has 3 heteroatoms. The molecule has 0 aliphatic heterocycles. The predicted octanol–water partition coefficient (Wildman–Crippen LogP) is 4.85. The molecule has 0 saturated heterocycles. The second kappa shape index (κ2) is 7.45.